The Morgan fingerprint density at radius 2 is 2.53 bits per heavy atom. The lowest BCUT2D eigenvalue weighted by atomic mass is 10.1. The van der Waals surface area contributed by atoms with Crippen LogP contribution >= 0.6 is 0 Å². The molecule has 7 heteroatoms. The Bertz CT molecular complexity index is 401. The van der Waals surface area contributed by atoms with Gasteiger partial charge < -0.3 is 11.1 Å². The van der Waals surface area contributed by atoms with E-state index in [-0.39, 0.29) is 0 Å². The minimum Gasteiger partial charge on any atom is -0.368 e. The molecule has 0 fully saturated rings. The van der Waals surface area contributed by atoms with Gasteiger partial charge in [-0.25, -0.2) is 0 Å². The molecule has 0 saturated heterocycles. The van der Waals surface area contributed by atoms with Crippen LogP contribution in [0.15, 0.2) is 29.6 Å². The number of rotatable bonds is 7. The fourth-order valence-corrected chi connectivity index (χ4v) is 1.37. The van der Waals surface area contributed by atoms with E-state index in [2.05, 4.69) is 20.3 Å². The highest BCUT2D eigenvalue weighted by Crippen LogP contribution is 2.10. The summed E-state index contributed by atoms with van der Waals surface area (Å²) in [5.41, 5.74) is 14.1. The molecule has 7 nitrogen and oxygen atoms in total. The van der Waals surface area contributed by atoms with E-state index in [1.54, 1.807) is 24.5 Å². The van der Waals surface area contributed by atoms with Gasteiger partial charge in [0.2, 0.25) is 5.91 Å². The number of carbonyl (C=O) groups excluding carboxylic acids is 1. The van der Waals surface area contributed by atoms with Crippen molar-refractivity contribution in [3.05, 3.63) is 40.5 Å². The second kappa shape index (κ2) is 7.21. The average Bonchev–Trinajstić information content (AvgIpc) is 2.34. The maximum absolute atomic E-state index is 11.3. The molecular formula is C10H14N6O. The number of azide groups is 1. The van der Waals surface area contributed by atoms with Crippen LogP contribution in [0.5, 0.6) is 0 Å². The van der Waals surface area contributed by atoms with Gasteiger partial charge in [-0.05, 0) is 30.1 Å². The van der Waals surface area contributed by atoms with Crippen molar-refractivity contribution in [1.82, 2.24) is 10.3 Å². The van der Waals surface area contributed by atoms with E-state index >= 15 is 0 Å². The summed E-state index contributed by atoms with van der Waals surface area (Å²) >= 11 is 0. The van der Waals surface area contributed by atoms with E-state index in [0.29, 0.717) is 19.5 Å². The maximum atomic E-state index is 11.3. The van der Waals surface area contributed by atoms with Crippen molar-refractivity contribution >= 4 is 5.91 Å². The number of primary amides is 1. The minimum atomic E-state index is -0.560. The zero-order valence-electron chi connectivity index (χ0n) is 9.28. The highest BCUT2D eigenvalue weighted by Gasteiger charge is 2.16. The molecule has 0 saturated carbocycles. The Morgan fingerprint density at radius 1 is 1.71 bits per heavy atom. The van der Waals surface area contributed by atoms with Crippen LogP contribution in [0.25, 0.3) is 10.4 Å². The largest absolute Gasteiger partial charge is 0.368 e. The van der Waals surface area contributed by atoms with Crippen LogP contribution in [0.2, 0.25) is 0 Å². The van der Waals surface area contributed by atoms with Gasteiger partial charge in [0, 0.05) is 23.9 Å². The first-order valence-electron chi connectivity index (χ1n) is 5.19. The zero-order chi connectivity index (χ0) is 12.5. The van der Waals surface area contributed by atoms with Crippen LogP contribution in [-0.2, 0) is 4.79 Å². The van der Waals surface area contributed by atoms with Gasteiger partial charge in [-0.15, -0.1) is 0 Å². The lowest BCUT2D eigenvalue weighted by Crippen LogP contribution is -2.34. The van der Waals surface area contributed by atoms with Gasteiger partial charge in [-0.2, -0.15) is 0 Å². The lowest BCUT2D eigenvalue weighted by Gasteiger charge is -2.14. The quantitative estimate of drug-likeness (QED) is 0.316. The number of nitrogens with one attached hydrogen (secondary N) is 1. The van der Waals surface area contributed by atoms with Gasteiger partial charge in [0.15, 0.2) is 0 Å². The molecule has 0 spiro atoms. The first-order valence-corrected chi connectivity index (χ1v) is 5.19. The maximum Gasteiger partial charge on any atom is 0.239 e. The van der Waals surface area contributed by atoms with E-state index in [1.807, 2.05) is 0 Å². The molecule has 0 bridgehead atoms. The Morgan fingerprint density at radius 3 is 3.12 bits per heavy atom. The molecule has 1 amide bonds. The van der Waals surface area contributed by atoms with Crippen LogP contribution in [0, 0.1) is 0 Å². The first-order chi connectivity index (χ1) is 8.25. The smallest absolute Gasteiger partial charge is 0.239 e. The van der Waals surface area contributed by atoms with Crippen molar-refractivity contribution in [2.45, 2.75) is 12.5 Å². The number of aromatic nitrogens is 1. The van der Waals surface area contributed by atoms with E-state index < -0.39 is 11.9 Å². The third-order valence-corrected chi connectivity index (χ3v) is 2.15. The second-order valence-electron chi connectivity index (χ2n) is 3.38. The summed E-state index contributed by atoms with van der Waals surface area (Å²) in [4.78, 5) is 17.8. The van der Waals surface area contributed by atoms with Crippen molar-refractivity contribution in [3.8, 4) is 0 Å². The number of nitrogens with two attached hydrogens (primary N) is 1. The SMILES string of the molecule is [N-]=[N+]=NCCCNC(C(N)=O)c1cccnc1. The molecule has 0 aliphatic rings. The lowest BCUT2D eigenvalue weighted by molar-refractivity contribution is -0.120. The first kappa shape index (κ1) is 13.0. The predicted octanol–water partition coefficient (Wildman–Crippen LogP) is 0.898. The van der Waals surface area contributed by atoms with Gasteiger partial charge in [0.25, 0.3) is 0 Å². The number of amides is 1. The molecule has 1 heterocycles. The summed E-state index contributed by atoms with van der Waals surface area (Å²) < 4.78 is 0. The van der Waals surface area contributed by atoms with E-state index in [1.165, 1.54) is 0 Å². The molecule has 0 aromatic carbocycles. The monoisotopic (exact) mass is 234 g/mol. The summed E-state index contributed by atoms with van der Waals surface area (Å²) in [5.74, 6) is -0.457. The Hall–Kier alpha value is -2.11. The molecule has 90 valence electrons. The summed E-state index contributed by atoms with van der Waals surface area (Å²) in [5, 5.41) is 6.39. The van der Waals surface area contributed by atoms with Gasteiger partial charge >= 0.3 is 0 Å². The third kappa shape index (κ3) is 4.50. The van der Waals surface area contributed by atoms with Crippen LogP contribution in [0.1, 0.15) is 18.0 Å². The van der Waals surface area contributed by atoms with Gasteiger partial charge in [-0.3, -0.25) is 9.78 Å². The molecule has 1 rings (SSSR count). The highest BCUT2D eigenvalue weighted by atomic mass is 16.1. The average molecular weight is 234 g/mol. The summed E-state index contributed by atoms with van der Waals surface area (Å²) in [7, 11) is 0. The van der Waals surface area contributed by atoms with E-state index in [9.17, 15) is 4.79 Å². The van der Waals surface area contributed by atoms with Crippen molar-refractivity contribution in [2.75, 3.05) is 13.1 Å². The van der Waals surface area contributed by atoms with Crippen LogP contribution in [0.3, 0.4) is 0 Å². The predicted molar refractivity (Wildman–Crippen MR) is 62.8 cm³/mol. The van der Waals surface area contributed by atoms with Crippen molar-refractivity contribution in [3.63, 3.8) is 0 Å². The molecule has 17 heavy (non-hydrogen) atoms. The van der Waals surface area contributed by atoms with Crippen LogP contribution < -0.4 is 11.1 Å². The van der Waals surface area contributed by atoms with Gasteiger partial charge in [-0.1, -0.05) is 11.2 Å². The van der Waals surface area contributed by atoms with Gasteiger partial charge in [0.1, 0.15) is 6.04 Å². The Balaban J connectivity index is 2.50. The summed E-state index contributed by atoms with van der Waals surface area (Å²) in [6.45, 7) is 0.934. The molecule has 1 atom stereocenters. The van der Waals surface area contributed by atoms with Crippen LogP contribution in [0.4, 0.5) is 0 Å². The second-order valence-corrected chi connectivity index (χ2v) is 3.38. The Kier molecular flexibility index (Phi) is 5.50. The number of hydrogen-bond donors (Lipinski definition) is 2. The number of pyridine rings is 1. The normalized spacial score (nSPS) is 11.5. The molecule has 0 radical (unpaired) electrons. The van der Waals surface area contributed by atoms with Gasteiger partial charge in [0.05, 0.1) is 0 Å². The van der Waals surface area contributed by atoms with Crippen molar-refractivity contribution < 1.29 is 4.79 Å². The molecule has 0 aliphatic heterocycles. The Labute approximate surface area is 98.7 Å². The van der Waals surface area contributed by atoms with Crippen molar-refractivity contribution in [2.24, 2.45) is 10.8 Å². The molecular weight excluding hydrogens is 220 g/mol. The van der Waals surface area contributed by atoms with E-state index in [0.717, 1.165) is 5.56 Å². The molecule has 3 N–H and O–H groups in total. The third-order valence-electron chi connectivity index (χ3n) is 2.15. The fourth-order valence-electron chi connectivity index (χ4n) is 1.37. The number of hydrogen-bond acceptors (Lipinski definition) is 4. The standard InChI is InChI=1S/C10H14N6O/c11-10(17)9(8-3-1-4-13-7-8)14-5-2-6-15-16-12/h1,3-4,7,9,14H,2,5-6H2,(H2,11,17). The van der Waals surface area contributed by atoms with Crippen molar-refractivity contribution in [1.29, 1.82) is 0 Å². The van der Waals surface area contributed by atoms with E-state index in [4.69, 9.17) is 11.3 Å². The minimum absolute atomic E-state index is 0.391. The van der Waals surface area contributed by atoms with Crippen LogP contribution in [-0.4, -0.2) is 24.0 Å². The zero-order valence-corrected chi connectivity index (χ0v) is 9.28. The molecule has 0 aliphatic carbocycles. The molecule has 1 unspecified atom stereocenters. The topological polar surface area (TPSA) is 117 Å². The summed E-state index contributed by atoms with van der Waals surface area (Å²) in [6, 6.07) is 2.96. The summed E-state index contributed by atoms with van der Waals surface area (Å²) in [6.07, 6.45) is 3.87. The molecule has 1 aromatic rings. The molecule has 1 aromatic heterocycles. The fraction of sp³-hybridized carbons (Fsp3) is 0.400. The number of nitrogens with zero attached hydrogens (tertiary/aromatic N) is 4. The highest BCUT2D eigenvalue weighted by molar-refractivity contribution is 5.81. The number of carbonyl (C=O) groups is 1.